The van der Waals surface area contributed by atoms with Gasteiger partial charge in [-0.2, -0.15) is 0 Å². The van der Waals surface area contributed by atoms with Crippen LogP contribution in [0.25, 0.3) is 5.32 Å². The van der Waals surface area contributed by atoms with Gasteiger partial charge in [-0.1, -0.05) is 25.3 Å². The van der Waals surface area contributed by atoms with Crippen LogP contribution in [0.5, 0.6) is 0 Å². The standard InChI is InChI=1S/C6H10NO2.H2O2.3H2O.V/c8-6(9)5-3-1-2-4-7-5;1-2;;;;/h5H,1-4H2,(H,8,9);1-2H;3*1H2;/q-1;;;;;/p-1. The molecule has 0 saturated carbocycles. The van der Waals surface area contributed by atoms with Crippen molar-refractivity contribution in [3.05, 3.63) is 5.32 Å². The molecule has 0 bridgehead atoms. The molecule has 1 fully saturated rings. The zero-order chi connectivity index (χ0) is 8.69. The molecule has 9 heteroatoms. The minimum atomic E-state index is -1.02. The Bertz CT molecular complexity index is 120. The summed E-state index contributed by atoms with van der Waals surface area (Å²) < 4.78 is 0. The van der Waals surface area contributed by atoms with Gasteiger partial charge in [0, 0.05) is 24.5 Å². The Hall–Kier alpha value is -0.186. The van der Waals surface area contributed by atoms with Crippen molar-refractivity contribution < 1.29 is 55.4 Å². The third-order valence-electron chi connectivity index (χ3n) is 1.51. The zero-order valence-electron chi connectivity index (χ0n) is 8.01. The Labute approximate surface area is 99.0 Å². The molecule has 15 heavy (non-hydrogen) atoms. The molecule has 1 aliphatic rings. The van der Waals surface area contributed by atoms with Gasteiger partial charge in [-0.25, -0.2) is 0 Å². The number of carboxylic acid groups (broad SMARTS) is 1. The molecule has 1 radical (unpaired) electrons. The minimum Gasteiger partial charge on any atom is -0.655 e. The van der Waals surface area contributed by atoms with Crippen molar-refractivity contribution in [2.75, 3.05) is 6.54 Å². The summed E-state index contributed by atoms with van der Waals surface area (Å²) in [4.78, 5) is 10.1. The third kappa shape index (κ3) is 13.8. The van der Waals surface area contributed by atoms with Gasteiger partial charge in [-0.05, 0) is 0 Å². The van der Waals surface area contributed by atoms with E-state index >= 15 is 0 Å². The SMILES string of the molecule is O.O.O.O=C([O-])C1CCCC[N-]1.OO.[V]. The van der Waals surface area contributed by atoms with Gasteiger partial charge in [-0.3, -0.25) is 10.5 Å². The Morgan fingerprint density at radius 1 is 1.20 bits per heavy atom. The molecule has 0 spiro atoms. The van der Waals surface area contributed by atoms with Crippen LogP contribution in [0.2, 0.25) is 0 Å². The van der Waals surface area contributed by atoms with E-state index in [9.17, 15) is 9.90 Å². The molecule has 8 N–H and O–H groups in total. The molecule has 0 aliphatic carbocycles. The van der Waals surface area contributed by atoms with Gasteiger partial charge in [0.2, 0.25) is 0 Å². The van der Waals surface area contributed by atoms with Gasteiger partial charge in [-0.15, -0.1) is 6.54 Å². The van der Waals surface area contributed by atoms with Crippen molar-refractivity contribution in [3.8, 4) is 0 Å². The predicted molar refractivity (Wildman–Crippen MR) is 47.0 cm³/mol. The molecule has 0 aromatic heterocycles. The Morgan fingerprint density at radius 3 is 1.87 bits per heavy atom. The van der Waals surface area contributed by atoms with E-state index in [4.69, 9.17) is 10.5 Å². The largest absolute Gasteiger partial charge is 0.655 e. The van der Waals surface area contributed by atoms with Crippen molar-refractivity contribution in [1.82, 2.24) is 0 Å². The van der Waals surface area contributed by atoms with Crippen LogP contribution in [-0.4, -0.2) is 45.5 Å². The molecule has 1 unspecified atom stereocenters. The fourth-order valence-corrected chi connectivity index (χ4v) is 0.980. The molecule has 1 aliphatic heterocycles. The zero-order valence-corrected chi connectivity index (χ0v) is 9.41. The first-order chi connectivity index (χ1) is 5.30. The molecule has 1 atom stereocenters. The van der Waals surface area contributed by atoms with Crippen molar-refractivity contribution in [2.24, 2.45) is 0 Å². The maximum absolute atomic E-state index is 10.1. The molecule has 8 nitrogen and oxygen atoms in total. The van der Waals surface area contributed by atoms with Gasteiger partial charge in [0.1, 0.15) is 0 Å². The average Bonchev–Trinajstić information content (AvgIpc) is 2.10. The van der Waals surface area contributed by atoms with Crippen LogP contribution in [0, 0.1) is 0 Å². The third-order valence-corrected chi connectivity index (χ3v) is 1.51. The molecule has 1 rings (SSSR count). The van der Waals surface area contributed by atoms with Crippen molar-refractivity contribution in [2.45, 2.75) is 25.3 Å². The van der Waals surface area contributed by atoms with E-state index in [0.717, 1.165) is 12.8 Å². The van der Waals surface area contributed by atoms with E-state index in [-0.39, 0.29) is 35.0 Å². The normalized spacial score (nSPS) is 17.1. The summed E-state index contributed by atoms with van der Waals surface area (Å²) in [6, 6.07) is -0.515. The predicted octanol–water partition coefficient (Wildman–Crippen LogP) is -2.80. The molecule has 0 amide bonds. The van der Waals surface area contributed by atoms with E-state index in [1.807, 2.05) is 0 Å². The number of carboxylic acids is 1. The fourth-order valence-electron chi connectivity index (χ4n) is 0.980. The molecular weight excluding hydrogens is 249 g/mol. The summed E-state index contributed by atoms with van der Waals surface area (Å²) in [5.41, 5.74) is 0. The summed E-state index contributed by atoms with van der Waals surface area (Å²) in [7, 11) is 0. The first-order valence-electron chi connectivity index (χ1n) is 3.38. The van der Waals surface area contributed by atoms with E-state index in [0.29, 0.717) is 13.0 Å². The fraction of sp³-hybridized carbons (Fsp3) is 0.833. The van der Waals surface area contributed by atoms with Gasteiger partial charge in [0.25, 0.3) is 0 Å². The number of nitrogens with zero attached hydrogens (tertiary/aromatic N) is 1. The van der Waals surface area contributed by atoms with Crippen molar-refractivity contribution in [1.29, 1.82) is 0 Å². The average molecular weight is 266 g/mol. The van der Waals surface area contributed by atoms with E-state index in [2.05, 4.69) is 5.32 Å². The number of piperidine rings is 1. The number of hydrogen-bond donors (Lipinski definition) is 2. The maximum Gasteiger partial charge on any atom is 0.0239 e. The number of carbonyl (C=O) groups excluding carboxylic acids is 1. The first-order valence-corrected chi connectivity index (χ1v) is 3.38. The Kier molecular flexibility index (Phi) is 38.0. The van der Waals surface area contributed by atoms with Gasteiger partial charge in [0.05, 0.1) is 0 Å². The summed E-state index contributed by atoms with van der Waals surface area (Å²) >= 11 is 0. The minimum absolute atomic E-state index is 0. The summed E-state index contributed by atoms with van der Waals surface area (Å²) in [6.45, 7) is 0.693. The van der Waals surface area contributed by atoms with Crippen LogP contribution in [0.1, 0.15) is 19.3 Å². The van der Waals surface area contributed by atoms with Crippen LogP contribution < -0.4 is 5.11 Å². The molecule has 0 aromatic carbocycles. The second kappa shape index (κ2) is 19.4. The van der Waals surface area contributed by atoms with Crippen molar-refractivity contribution >= 4 is 5.97 Å². The Balaban J connectivity index is -0.0000000526. The van der Waals surface area contributed by atoms with Crippen molar-refractivity contribution in [3.63, 3.8) is 0 Å². The number of aliphatic carboxylic acids is 1. The smallest absolute Gasteiger partial charge is 0.0239 e. The molecule has 0 aromatic rings. The van der Waals surface area contributed by atoms with E-state index in [1.54, 1.807) is 0 Å². The number of rotatable bonds is 1. The second-order valence-corrected chi connectivity index (χ2v) is 2.24. The topological polar surface area (TPSA) is 189 Å². The monoisotopic (exact) mass is 266 g/mol. The van der Waals surface area contributed by atoms with Crippen LogP contribution >= 0.6 is 0 Å². The van der Waals surface area contributed by atoms with E-state index in [1.165, 1.54) is 0 Å². The van der Waals surface area contributed by atoms with Gasteiger partial charge < -0.3 is 31.6 Å². The summed E-state index contributed by atoms with van der Waals surface area (Å²) in [5.74, 6) is -1.02. The maximum atomic E-state index is 10.1. The summed E-state index contributed by atoms with van der Waals surface area (Å²) in [5, 5.41) is 26.0. The van der Waals surface area contributed by atoms with Crippen LogP contribution in [-0.2, 0) is 23.4 Å². The van der Waals surface area contributed by atoms with Crippen LogP contribution in [0.15, 0.2) is 0 Å². The number of carbonyl (C=O) groups is 1. The van der Waals surface area contributed by atoms with Gasteiger partial charge >= 0.3 is 0 Å². The molecule has 1 saturated heterocycles. The van der Waals surface area contributed by atoms with Crippen LogP contribution in [0.4, 0.5) is 0 Å². The Morgan fingerprint density at radius 2 is 1.67 bits per heavy atom. The van der Waals surface area contributed by atoms with Crippen LogP contribution in [0.3, 0.4) is 0 Å². The molecular formula is C6H17NO7V-2. The molecule has 95 valence electrons. The number of hydrogen-bond acceptors (Lipinski definition) is 4. The van der Waals surface area contributed by atoms with E-state index < -0.39 is 12.0 Å². The molecule has 1 heterocycles. The second-order valence-electron chi connectivity index (χ2n) is 2.24. The summed E-state index contributed by atoms with van der Waals surface area (Å²) in [6.07, 6.45) is 2.67. The first kappa shape index (κ1) is 29.4. The van der Waals surface area contributed by atoms with Gasteiger partial charge in [0.15, 0.2) is 0 Å². The quantitative estimate of drug-likeness (QED) is 0.383.